The molecule has 0 aliphatic carbocycles. The maximum Gasteiger partial charge on any atom is 0.597 e. The van der Waals surface area contributed by atoms with Gasteiger partial charge in [0.05, 0.1) is 5.31 Å². The second-order valence-corrected chi connectivity index (χ2v) is 8.80. The van der Waals surface area contributed by atoms with Crippen LogP contribution in [0.2, 0.25) is 5.31 Å². The topological polar surface area (TPSA) is 69.7 Å². The Labute approximate surface area is 182 Å². The largest absolute Gasteiger partial charge is 0.599 e. The van der Waals surface area contributed by atoms with Gasteiger partial charge in [0.2, 0.25) is 0 Å². The van der Waals surface area contributed by atoms with Gasteiger partial charge in [0, 0.05) is 7.05 Å². The SMILES string of the molecule is C[N+]12CC(=O)O[B-]1(C(C=O)(C/C=C/c1ccccc1)CCc1ccccc1)OC(=O)C2. The summed E-state index contributed by atoms with van der Waals surface area (Å²) < 4.78 is 11.6. The van der Waals surface area contributed by atoms with Crippen LogP contribution in [0.1, 0.15) is 24.0 Å². The highest BCUT2D eigenvalue weighted by Crippen LogP contribution is 2.54. The van der Waals surface area contributed by atoms with Crippen molar-refractivity contribution in [2.24, 2.45) is 0 Å². The summed E-state index contributed by atoms with van der Waals surface area (Å²) in [7, 11) is 1.78. The summed E-state index contributed by atoms with van der Waals surface area (Å²) in [6.07, 6.45) is 5.98. The van der Waals surface area contributed by atoms with Gasteiger partial charge < -0.3 is 18.5 Å². The number of hydrogen-bond acceptors (Lipinski definition) is 5. The molecule has 2 fully saturated rings. The number of aldehydes is 1. The summed E-state index contributed by atoms with van der Waals surface area (Å²) in [5.74, 6) is -0.874. The van der Waals surface area contributed by atoms with E-state index in [4.69, 9.17) is 9.31 Å². The molecule has 0 radical (unpaired) electrons. The van der Waals surface area contributed by atoms with E-state index in [9.17, 15) is 14.4 Å². The predicted octanol–water partition coefficient (Wildman–Crippen LogP) is 3.16. The molecule has 7 heteroatoms. The minimum absolute atomic E-state index is 0.00955. The summed E-state index contributed by atoms with van der Waals surface area (Å²) in [5, 5.41) is -1.16. The van der Waals surface area contributed by atoms with Crippen molar-refractivity contribution in [2.45, 2.75) is 24.6 Å². The third kappa shape index (κ3) is 3.70. The van der Waals surface area contributed by atoms with Crippen LogP contribution in [0.4, 0.5) is 0 Å². The number of nitrogens with zero attached hydrogens (tertiary/aromatic N) is 1. The first-order valence-corrected chi connectivity index (χ1v) is 10.6. The van der Waals surface area contributed by atoms with E-state index in [0.717, 1.165) is 17.4 Å². The number of quaternary nitrogens is 1. The van der Waals surface area contributed by atoms with Gasteiger partial charge in [-0.1, -0.05) is 79.2 Å². The normalized spacial score (nSPS) is 26.9. The molecule has 2 heterocycles. The summed E-state index contributed by atoms with van der Waals surface area (Å²) in [6, 6.07) is 19.6. The second-order valence-electron chi connectivity index (χ2n) is 8.80. The molecule has 1 unspecified atom stereocenters. The zero-order valence-electron chi connectivity index (χ0n) is 17.6. The van der Waals surface area contributed by atoms with Crippen LogP contribution in [-0.4, -0.2) is 49.4 Å². The lowest BCUT2D eigenvalue weighted by Gasteiger charge is -2.49. The van der Waals surface area contributed by atoms with E-state index in [-0.39, 0.29) is 17.5 Å². The molecule has 2 aromatic rings. The Hall–Kier alpha value is -3.19. The van der Waals surface area contributed by atoms with Gasteiger partial charge in [0.1, 0.15) is 19.4 Å². The van der Waals surface area contributed by atoms with Crippen LogP contribution in [0.15, 0.2) is 66.7 Å². The maximum atomic E-state index is 12.8. The Kier molecular flexibility index (Phi) is 5.54. The Bertz CT molecular complexity index is 987. The van der Waals surface area contributed by atoms with Crippen LogP contribution in [0.25, 0.3) is 6.08 Å². The first-order valence-electron chi connectivity index (χ1n) is 10.6. The number of carbonyl (C=O) groups is 3. The molecule has 0 N–H and O–H groups in total. The molecule has 2 aromatic carbocycles. The second kappa shape index (κ2) is 8.15. The quantitative estimate of drug-likeness (QED) is 0.486. The van der Waals surface area contributed by atoms with Gasteiger partial charge in [-0.3, -0.25) is 9.59 Å². The van der Waals surface area contributed by atoms with E-state index in [0.29, 0.717) is 19.3 Å². The molecule has 0 amide bonds. The number of likely N-dealkylation sites (N-methyl/N-ethyl adjacent to an activating group) is 1. The molecule has 4 rings (SSSR count). The van der Waals surface area contributed by atoms with Crippen LogP contribution in [-0.2, 0) is 30.1 Å². The third-order valence-electron chi connectivity index (χ3n) is 6.67. The molecule has 0 aromatic heterocycles. The van der Waals surface area contributed by atoms with Crippen molar-refractivity contribution >= 4 is 31.0 Å². The summed E-state index contributed by atoms with van der Waals surface area (Å²) in [6.45, 7) is -2.48. The van der Waals surface area contributed by atoms with Gasteiger partial charge in [-0.05, 0) is 24.0 Å². The molecule has 160 valence electrons. The Morgan fingerprint density at radius 2 is 1.55 bits per heavy atom. The van der Waals surface area contributed by atoms with Crippen LogP contribution in [0, 0.1) is 0 Å². The lowest BCUT2D eigenvalue weighted by Crippen LogP contribution is -2.67. The molecular weight excluding hydrogens is 393 g/mol. The standard InChI is InChI=1S/C24H26BNO5/c1-26-17-22(28)30-25(26,31-23(29)18-26)24(19-27,16-14-21-11-6-3-7-12-21)15-8-13-20-9-4-2-5-10-20/h2-13,19H,14-18H2,1H3/b13-8+. The Morgan fingerprint density at radius 1 is 0.968 bits per heavy atom. The number of hydrogen-bond donors (Lipinski definition) is 0. The highest BCUT2D eigenvalue weighted by Gasteiger charge is 2.74. The summed E-state index contributed by atoms with van der Waals surface area (Å²) in [5.41, 5.74) is 2.07. The number of fused-ring (bicyclic) bond motifs is 1. The van der Waals surface area contributed by atoms with Gasteiger partial charge in [-0.2, -0.15) is 0 Å². The van der Waals surface area contributed by atoms with Crippen LogP contribution in [0.3, 0.4) is 0 Å². The van der Waals surface area contributed by atoms with E-state index in [2.05, 4.69) is 0 Å². The minimum Gasteiger partial charge on any atom is -0.599 e. The zero-order chi connectivity index (χ0) is 22.0. The van der Waals surface area contributed by atoms with Crippen molar-refractivity contribution < 1.29 is 28.1 Å². The number of aryl methyl sites for hydroxylation is 1. The average Bonchev–Trinajstić information content (AvgIpc) is 3.16. The van der Waals surface area contributed by atoms with Gasteiger partial charge in [0.15, 0.2) is 0 Å². The molecule has 2 aliphatic rings. The van der Waals surface area contributed by atoms with Gasteiger partial charge in [-0.25, -0.2) is 0 Å². The van der Waals surface area contributed by atoms with Crippen molar-refractivity contribution in [3.05, 3.63) is 77.9 Å². The molecule has 0 bridgehead atoms. The molecule has 2 aliphatic heterocycles. The van der Waals surface area contributed by atoms with Crippen LogP contribution in [0.5, 0.6) is 0 Å². The van der Waals surface area contributed by atoms with E-state index in [1.807, 2.05) is 72.8 Å². The van der Waals surface area contributed by atoms with Crippen molar-refractivity contribution in [1.82, 2.24) is 0 Å². The zero-order valence-corrected chi connectivity index (χ0v) is 17.6. The van der Waals surface area contributed by atoms with E-state index in [1.54, 1.807) is 7.05 Å². The van der Waals surface area contributed by atoms with Crippen LogP contribution >= 0.6 is 0 Å². The lowest BCUT2D eigenvalue weighted by molar-refractivity contribution is -0.795. The Morgan fingerprint density at radius 3 is 2.13 bits per heavy atom. The number of benzene rings is 2. The summed E-state index contributed by atoms with van der Waals surface area (Å²) >= 11 is 0. The average molecular weight is 419 g/mol. The van der Waals surface area contributed by atoms with Crippen molar-refractivity contribution in [2.75, 3.05) is 20.1 Å². The van der Waals surface area contributed by atoms with Crippen molar-refractivity contribution in [3.63, 3.8) is 0 Å². The molecule has 2 saturated heterocycles. The smallest absolute Gasteiger partial charge is 0.597 e. The summed E-state index contributed by atoms with van der Waals surface area (Å²) in [4.78, 5) is 37.5. The van der Waals surface area contributed by atoms with E-state index < -0.39 is 23.9 Å². The third-order valence-corrected chi connectivity index (χ3v) is 6.67. The fraction of sp³-hybridized carbons (Fsp3) is 0.292. The highest BCUT2D eigenvalue weighted by atomic mass is 16.7. The molecule has 0 saturated carbocycles. The lowest BCUT2D eigenvalue weighted by atomic mass is 9.42. The minimum atomic E-state index is -2.53. The monoisotopic (exact) mass is 419 g/mol. The highest BCUT2D eigenvalue weighted by molar-refractivity contribution is 6.72. The number of allylic oxidation sites excluding steroid dienone is 1. The molecule has 0 spiro atoms. The fourth-order valence-corrected chi connectivity index (χ4v) is 5.08. The fourth-order valence-electron chi connectivity index (χ4n) is 5.08. The maximum absolute atomic E-state index is 12.8. The van der Waals surface area contributed by atoms with E-state index in [1.165, 1.54) is 0 Å². The van der Waals surface area contributed by atoms with Gasteiger partial charge in [0.25, 0.3) is 0 Å². The molecule has 1 atom stereocenters. The van der Waals surface area contributed by atoms with Crippen LogP contribution < -0.4 is 0 Å². The van der Waals surface area contributed by atoms with E-state index >= 15 is 0 Å². The van der Waals surface area contributed by atoms with Gasteiger partial charge in [-0.15, -0.1) is 0 Å². The van der Waals surface area contributed by atoms with Gasteiger partial charge >= 0.3 is 18.6 Å². The first kappa shape index (κ1) is 21.1. The molecule has 31 heavy (non-hydrogen) atoms. The number of carbonyl (C=O) groups excluding carboxylic acids is 3. The molecular formula is C24H26BNO5. The Balaban J connectivity index is 1.72. The first-order chi connectivity index (χ1) is 14.9. The van der Waals surface area contributed by atoms with Crippen molar-refractivity contribution in [1.29, 1.82) is 0 Å². The molecule has 6 nitrogen and oxygen atoms in total. The predicted molar refractivity (Wildman–Crippen MR) is 117 cm³/mol. The van der Waals surface area contributed by atoms with Crippen molar-refractivity contribution in [3.8, 4) is 0 Å². The number of rotatable bonds is 8.